The number of carbonyl (C=O) groups is 3. The Morgan fingerprint density at radius 2 is 1.82 bits per heavy atom. The summed E-state index contributed by atoms with van der Waals surface area (Å²) in [6.07, 6.45) is 0.670. The summed E-state index contributed by atoms with van der Waals surface area (Å²) in [4.78, 5) is 42.6. The molecule has 0 aromatic heterocycles. The lowest BCUT2D eigenvalue weighted by Gasteiger charge is -2.32. The van der Waals surface area contributed by atoms with Crippen molar-refractivity contribution in [3.05, 3.63) is 35.9 Å². The molecule has 0 spiro atoms. The predicted octanol–water partition coefficient (Wildman–Crippen LogP) is -0.270. The van der Waals surface area contributed by atoms with Gasteiger partial charge in [-0.05, 0) is 31.4 Å². The molecule has 0 bridgehead atoms. The Kier molecular flexibility index (Phi) is 10.0. The molecule has 3 rings (SSSR count). The van der Waals surface area contributed by atoms with Crippen LogP contribution in [0.3, 0.4) is 0 Å². The number of hydrogen-bond donors (Lipinski definition) is 7. The second-order valence-electron chi connectivity index (χ2n) is 8.28. The standard InChI is InChI=1S/C22H34N6O6/c29-18(17-9-12-26-34-17)27-22(19(30)31,10-5-2-6-11-23-20-24-13-14-25-20)28-21(32)33-15-16-7-3-1-4-8-16/h1,3-4,7-8,17,20,23-26H,2,5-6,9-15H2,(H,27,29)(H,28,32)(H,30,31). The molecular weight excluding hydrogens is 444 g/mol. The average molecular weight is 479 g/mol. The van der Waals surface area contributed by atoms with Crippen LogP contribution in [-0.4, -0.2) is 67.3 Å². The smallest absolute Gasteiger partial charge is 0.409 e. The number of carboxylic acid groups (broad SMARTS) is 1. The minimum Gasteiger partial charge on any atom is -0.478 e. The van der Waals surface area contributed by atoms with E-state index in [4.69, 9.17) is 9.57 Å². The van der Waals surface area contributed by atoms with E-state index >= 15 is 0 Å². The molecule has 7 N–H and O–H groups in total. The first-order chi connectivity index (χ1) is 16.5. The first-order valence-corrected chi connectivity index (χ1v) is 11.6. The molecule has 12 heteroatoms. The molecule has 2 atom stereocenters. The summed E-state index contributed by atoms with van der Waals surface area (Å²) in [5.41, 5.74) is 1.34. The molecule has 2 unspecified atom stereocenters. The van der Waals surface area contributed by atoms with Crippen molar-refractivity contribution in [2.75, 3.05) is 26.2 Å². The number of hydrogen-bond acceptors (Lipinski definition) is 9. The van der Waals surface area contributed by atoms with Gasteiger partial charge in [0.15, 0.2) is 6.10 Å². The van der Waals surface area contributed by atoms with E-state index in [0.29, 0.717) is 25.8 Å². The number of alkyl carbamates (subject to hydrolysis) is 1. The number of nitrogens with one attached hydrogen (secondary N) is 6. The molecule has 2 heterocycles. The summed E-state index contributed by atoms with van der Waals surface area (Å²) >= 11 is 0. The van der Waals surface area contributed by atoms with Gasteiger partial charge in [-0.15, -0.1) is 0 Å². The summed E-state index contributed by atoms with van der Waals surface area (Å²) < 4.78 is 5.21. The van der Waals surface area contributed by atoms with E-state index in [-0.39, 0.29) is 19.3 Å². The number of rotatable bonds is 13. The van der Waals surface area contributed by atoms with Crippen molar-refractivity contribution in [2.24, 2.45) is 0 Å². The van der Waals surface area contributed by atoms with Crippen LogP contribution in [0.25, 0.3) is 0 Å². The molecule has 2 aliphatic rings. The lowest BCUT2D eigenvalue weighted by atomic mass is 10.0. The van der Waals surface area contributed by atoms with Crippen LogP contribution in [0.15, 0.2) is 30.3 Å². The average Bonchev–Trinajstić information content (AvgIpc) is 3.55. The number of benzene rings is 1. The minimum atomic E-state index is -2.02. The maximum Gasteiger partial charge on any atom is 0.409 e. The van der Waals surface area contributed by atoms with Crippen molar-refractivity contribution in [2.45, 2.75) is 56.8 Å². The summed E-state index contributed by atoms with van der Waals surface area (Å²) in [6, 6.07) is 9.03. The van der Waals surface area contributed by atoms with Crippen LogP contribution >= 0.6 is 0 Å². The van der Waals surface area contributed by atoms with Gasteiger partial charge in [0.05, 0.1) is 0 Å². The molecule has 2 aliphatic heterocycles. The second-order valence-corrected chi connectivity index (χ2v) is 8.28. The quantitative estimate of drug-likeness (QED) is 0.148. The molecule has 1 aromatic carbocycles. The number of carbonyl (C=O) groups excluding carboxylic acids is 2. The highest BCUT2D eigenvalue weighted by molar-refractivity contribution is 5.91. The summed E-state index contributed by atoms with van der Waals surface area (Å²) in [7, 11) is 0. The third-order valence-corrected chi connectivity index (χ3v) is 5.66. The maximum absolute atomic E-state index is 12.7. The topological polar surface area (TPSA) is 162 Å². The Hall–Kier alpha value is -2.77. The van der Waals surface area contributed by atoms with Crippen LogP contribution < -0.4 is 32.1 Å². The molecule has 0 aliphatic carbocycles. The molecule has 34 heavy (non-hydrogen) atoms. The zero-order valence-corrected chi connectivity index (χ0v) is 19.1. The third-order valence-electron chi connectivity index (χ3n) is 5.66. The number of aliphatic carboxylic acids is 1. The van der Waals surface area contributed by atoms with Gasteiger partial charge >= 0.3 is 12.1 Å². The fraction of sp³-hybridized carbons (Fsp3) is 0.591. The number of hydroxylamine groups is 1. The van der Waals surface area contributed by atoms with Crippen LogP contribution in [-0.2, 0) is 25.8 Å². The van der Waals surface area contributed by atoms with Gasteiger partial charge in [0.1, 0.15) is 12.9 Å². The fourth-order valence-electron chi connectivity index (χ4n) is 3.78. The van der Waals surface area contributed by atoms with Gasteiger partial charge < -0.3 is 15.2 Å². The lowest BCUT2D eigenvalue weighted by molar-refractivity contribution is -0.152. The van der Waals surface area contributed by atoms with Gasteiger partial charge in [-0.1, -0.05) is 36.8 Å². The highest BCUT2D eigenvalue weighted by Gasteiger charge is 2.43. The van der Waals surface area contributed by atoms with Crippen molar-refractivity contribution < 1.29 is 29.1 Å². The molecule has 0 radical (unpaired) electrons. The predicted molar refractivity (Wildman–Crippen MR) is 122 cm³/mol. The summed E-state index contributed by atoms with van der Waals surface area (Å²) in [5.74, 6) is -1.99. The Morgan fingerprint density at radius 3 is 2.50 bits per heavy atom. The Bertz CT molecular complexity index is 800. The number of ether oxygens (including phenoxy) is 1. The Morgan fingerprint density at radius 1 is 1.06 bits per heavy atom. The van der Waals surface area contributed by atoms with Crippen LogP contribution in [0.5, 0.6) is 0 Å². The first-order valence-electron chi connectivity index (χ1n) is 11.6. The molecule has 0 saturated carbocycles. The lowest BCUT2D eigenvalue weighted by Crippen LogP contribution is -2.66. The zero-order chi connectivity index (χ0) is 24.2. The Labute approximate surface area is 198 Å². The van der Waals surface area contributed by atoms with Crippen LogP contribution in [0.4, 0.5) is 4.79 Å². The molecule has 2 saturated heterocycles. The summed E-state index contributed by atoms with van der Waals surface area (Å²) in [6.45, 7) is 3.00. The normalized spacial score (nSPS) is 19.9. The molecule has 188 valence electrons. The van der Waals surface area contributed by atoms with E-state index in [0.717, 1.165) is 31.6 Å². The fourth-order valence-corrected chi connectivity index (χ4v) is 3.78. The molecule has 2 fully saturated rings. The maximum atomic E-state index is 12.7. The van der Waals surface area contributed by atoms with Crippen LogP contribution in [0, 0.1) is 0 Å². The Balaban J connectivity index is 1.56. The second kappa shape index (κ2) is 13.2. The van der Waals surface area contributed by atoms with Gasteiger partial charge in [0.2, 0.25) is 5.66 Å². The van der Waals surface area contributed by atoms with Gasteiger partial charge in [-0.3, -0.25) is 30.9 Å². The number of carboxylic acids is 1. The van der Waals surface area contributed by atoms with Gasteiger partial charge in [-0.2, -0.15) is 0 Å². The van der Waals surface area contributed by atoms with Gasteiger partial charge in [0.25, 0.3) is 5.91 Å². The highest BCUT2D eigenvalue weighted by Crippen LogP contribution is 2.16. The van der Waals surface area contributed by atoms with Gasteiger partial charge in [-0.25, -0.2) is 15.1 Å². The third kappa shape index (κ3) is 7.92. The minimum absolute atomic E-state index is 0.00537. The number of amides is 2. The van der Waals surface area contributed by atoms with E-state index < -0.39 is 29.7 Å². The van der Waals surface area contributed by atoms with E-state index in [1.165, 1.54) is 0 Å². The van der Waals surface area contributed by atoms with Crippen molar-refractivity contribution in [3.8, 4) is 0 Å². The van der Waals surface area contributed by atoms with Crippen LogP contribution in [0.1, 0.15) is 37.7 Å². The van der Waals surface area contributed by atoms with Crippen molar-refractivity contribution >= 4 is 18.0 Å². The molecule has 12 nitrogen and oxygen atoms in total. The largest absolute Gasteiger partial charge is 0.478 e. The van der Waals surface area contributed by atoms with E-state index in [9.17, 15) is 19.5 Å². The van der Waals surface area contributed by atoms with Crippen molar-refractivity contribution in [1.82, 2.24) is 32.1 Å². The molecule has 2 amide bonds. The molecule has 1 aromatic rings. The van der Waals surface area contributed by atoms with Crippen molar-refractivity contribution in [1.29, 1.82) is 0 Å². The van der Waals surface area contributed by atoms with Gasteiger partial charge in [0, 0.05) is 26.1 Å². The zero-order valence-electron chi connectivity index (χ0n) is 19.1. The SMILES string of the molecule is O=C(NC(CCCCCNC1NCCN1)(NC(=O)C1CCNO1)C(=O)O)OCc1ccccc1. The molecular formula is C22H34N6O6. The highest BCUT2D eigenvalue weighted by atomic mass is 16.7. The van der Waals surface area contributed by atoms with E-state index in [2.05, 4.69) is 32.1 Å². The number of unbranched alkanes of at least 4 members (excludes halogenated alkanes) is 2. The monoisotopic (exact) mass is 478 g/mol. The summed E-state index contributed by atoms with van der Waals surface area (Å²) in [5, 5.41) is 24.7. The van der Waals surface area contributed by atoms with Crippen molar-refractivity contribution in [3.63, 3.8) is 0 Å². The van der Waals surface area contributed by atoms with E-state index in [1.807, 2.05) is 18.2 Å². The first kappa shape index (κ1) is 25.8. The van der Waals surface area contributed by atoms with E-state index in [1.54, 1.807) is 12.1 Å². The van der Waals surface area contributed by atoms with Crippen LogP contribution in [0.2, 0.25) is 0 Å².